The van der Waals surface area contributed by atoms with Crippen LogP contribution in [0.3, 0.4) is 0 Å². The summed E-state index contributed by atoms with van der Waals surface area (Å²) in [6, 6.07) is 17.1. The SMILES string of the molecule is COCCOc1ccc2c(Oc3ccc(NC(=O)Nc4ccccc4)c(F)c3)ccnc2c1C(N)=O. The number of primary amides is 1. The number of fused-ring (bicyclic) bond motifs is 1. The zero-order valence-corrected chi connectivity index (χ0v) is 19.3. The van der Waals surface area contributed by atoms with Crippen LogP contribution < -0.4 is 25.8 Å². The lowest BCUT2D eigenvalue weighted by Gasteiger charge is -2.14. The molecule has 0 aliphatic carbocycles. The maximum Gasteiger partial charge on any atom is 0.323 e. The number of pyridine rings is 1. The molecule has 4 N–H and O–H groups in total. The first-order valence-corrected chi connectivity index (χ1v) is 10.9. The van der Waals surface area contributed by atoms with E-state index in [1.54, 1.807) is 42.5 Å². The van der Waals surface area contributed by atoms with Gasteiger partial charge in [-0.05, 0) is 42.5 Å². The second-order valence-corrected chi connectivity index (χ2v) is 7.54. The number of hydrogen-bond donors (Lipinski definition) is 3. The van der Waals surface area contributed by atoms with Gasteiger partial charge in [0.15, 0.2) is 0 Å². The largest absolute Gasteiger partial charge is 0.490 e. The zero-order chi connectivity index (χ0) is 25.5. The summed E-state index contributed by atoms with van der Waals surface area (Å²) in [6.07, 6.45) is 1.45. The van der Waals surface area contributed by atoms with Gasteiger partial charge in [0.25, 0.3) is 5.91 Å². The molecule has 3 amide bonds. The number of halogens is 1. The Labute approximate surface area is 206 Å². The summed E-state index contributed by atoms with van der Waals surface area (Å²) in [4.78, 5) is 28.6. The average molecular weight is 490 g/mol. The number of amides is 3. The van der Waals surface area contributed by atoms with E-state index in [2.05, 4.69) is 15.6 Å². The van der Waals surface area contributed by atoms with Crippen LogP contribution in [0.15, 0.2) is 72.9 Å². The molecular formula is C26H23FN4O5. The highest BCUT2D eigenvalue weighted by Gasteiger charge is 2.18. The molecule has 4 aromatic rings. The van der Waals surface area contributed by atoms with Crippen LogP contribution in [-0.2, 0) is 4.74 Å². The Morgan fingerprint density at radius 1 is 0.972 bits per heavy atom. The summed E-state index contributed by atoms with van der Waals surface area (Å²) in [6.45, 7) is 0.554. The van der Waals surface area contributed by atoms with Gasteiger partial charge < -0.3 is 30.6 Å². The fraction of sp³-hybridized carbons (Fsp3) is 0.115. The van der Waals surface area contributed by atoms with Crippen molar-refractivity contribution in [2.24, 2.45) is 5.73 Å². The van der Waals surface area contributed by atoms with Gasteiger partial charge >= 0.3 is 6.03 Å². The lowest BCUT2D eigenvalue weighted by atomic mass is 10.1. The molecule has 0 aliphatic rings. The molecule has 0 atom stereocenters. The van der Waals surface area contributed by atoms with Crippen molar-refractivity contribution < 1.29 is 28.2 Å². The van der Waals surface area contributed by atoms with Crippen LogP contribution in [0, 0.1) is 5.82 Å². The standard InChI is InChI=1S/C26H23FN4O5/c1-34-13-14-35-22-10-8-18-21(11-12-29-24(18)23(22)25(28)32)36-17-7-9-20(19(27)15-17)31-26(33)30-16-5-3-2-4-6-16/h2-12,15H,13-14H2,1H3,(H2,28,32)(H2,30,31,33). The van der Waals surface area contributed by atoms with E-state index in [1.165, 1.54) is 25.4 Å². The number of rotatable bonds is 9. The van der Waals surface area contributed by atoms with E-state index >= 15 is 0 Å². The Bertz CT molecular complexity index is 1400. The van der Waals surface area contributed by atoms with Crippen LogP contribution in [0.5, 0.6) is 17.2 Å². The number of aromatic nitrogens is 1. The number of ether oxygens (including phenoxy) is 3. The molecule has 0 saturated heterocycles. The van der Waals surface area contributed by atoms with E-state index in [0.29, 0.717) is 23.4 Å². The van der Waals surface area contributed by atoms with Crippen molar-refractivity contribution in [3.63, 3.8) is 0 Å². The summed E-state index contributed by atoms with van der Waals surface area (Å²) >= 11 is 0. The van der Waals surface area contributed by atoms with E-state index < -0.39 is 17.8 Å². The van der Waals surface area contributed by atoms with Gasteiger partial charge in [-0.25, -0.2) is 9.18 Å². The minimum atomic E-state index is -0.715. The second-order valence-electron chi connectivity index (χ2n) is 7.54. The van der Waals surface area contributed by atoms with Crippen LogP contribution >= 0.6 is 0 Å². The second kappa shape index (κ2) is 11.2. The summed E-state index contributed by atoms with van der Waals surface area (Å²) in [5.74, 6) is -0.636. The van der Waals surface area contributed by atoms with Crippen molar-refractivity contribution in [1.82, 2.24) is 4.98 Å². The molecule has 0 fully saturated rings. The molecule has 0 spiro atoms. The fourth-order valence-electron chi connectivity index (χ4n) is 3.45. The minimum absolute atomic E-state index is 0.0239. The molecule has 1 aromatic heterocycles. The van der Waals surface area contributed by atoms with Crippen molar-refractivity contribution in [3.8, 4) is 17.2 Å². The smallest absolute Gasteiger partial charge is 0.323 e. The summed E-state index contributed by atoms with van der Waals surface area (Å²) in [7, 11) is 1.54. The average Bonchev–Trinajstić information content (AvgIpc) is 2.86. The molecule has 10 heteroatoms. The Morgan fingerprint density at radius 3 is 2.50 bits per heavy atom. The molecule has 9 nitrogen and oxygen atoms in total. The third-order valence-corrected chi connectivity index (χ3v) is 5.07. The maximum atomic E-state index is 14.7. The number of carbonyl (C=O) groups excluding carboxylic acids is 2. The minimum Gasteiger partial charge on any atom is -0.490 e. The van der Waals surface area contributed by atoms with E-state index in [9.17, 15) is 14.0 Å². The maximum absolute atomic E-state index is 14.7. The first kappa shape index (κ1) is 24.4. The number of nitrogens with two attached hydrogens (primary N) is 1. The highest BCUT2D eigenvalue weighted by molar-refractivity contribution is 6.08. The van der Waals surface area contributed by atoms with Crippen molar-refractivity contribution in [2.75, 3.05) is 31.0 Å². The third-order valence-electron chi connectivity index (χ3n) is 5.07. The number of benzene rings is 3. The predicted octanol–water partition coefficient (Wildman–Crippen LogP) is 4.93. The number of para-hydroxylation sites is 1. The molecule has 0 saturated carbocycles. The van der Waals surface area contributed by atoms with Crippen LogP contribution in [-0.4, -0.2) is 37.2 Å². The molecule has 1 heterocycles. The van der Waals surface area contributed by atoms with Crippen LogP contribution in [0.4, 0.5) is 20.6 Å². The fourth-order valence-corrected chi connectivity index (χ4v) is 3.45. The summed E-state index contributed by atoms with van der Waals surface area (Å²) in [5.41, 5.74) is 6.52. The Morgan fingerprint density at radius 2 is 1.78 bits per heavy atom. The molecular weight excluding hydrogens is 467 g/mol. The first-order chi connectivity index (χ1) is 17.5. The third kappa shape index (κ3) is 5.68. The van der Waals surface area contributed by atoms with Crippen molar-refractivity contribution in [2.45, 2.75) is 0 Å². The highest BCUT2D eigenvalue weighted by atomic mass is 19.1. The molecule has 0 radical (unpaired) electrons. The predicted molar refractivity (Wildman–Crippen MR) is 133 cm³/mol. The van der Waals surface area contributed by atoms with Gasteiger partial charge in [-0.1, -0.05) is 18.2 Å². The Kier molecular flexibility index (Phi) is 7.57. The van der Waals surface area contributed by atoms with E-state index in [1.807, 2.05) is 6.07 Å². The Hall–Kier alpha value is -4.70. The normalized spacial score (nSPS) is 10.6. The van der Waals surface area contributed by atoms with Gasteiger partial charge in [0.05, 0.1) is 17.8 Å². The number of methoxy groups -OCH3 is 1. The number of nitrogens with zero attached hydrogens (tertiary/aromatic N) is 1. The molecule has 0 bridgehead atoms. The molecule has 0 aliphatic heterocycles. The van der Waals surface area contributed by atoms with Crippen molar-refractivity contribution in [3.05, 3.63) is 84.3 Å². The summed E-state index contributed by atoms with van der Waals surface area (Å²) < 4.78 is 31.2. The number of nitrogens with one attached hydrogen (secondary N) is 2. The van der Waals surface area contributed by atoms with E-state index in [-0.39, 0.29) is 34.9 Å². The topological polar surface area (TPSA) is 125 Å². The van der Waals surface area contributed by atoms with E-state index in [0.717, 1.165) is 6.07 Å². The number of hydrogen-bond acceptors (Lipinski definition) is 6. The van der Waals surface area contributed by atoms with Gasteiger partial charge in [0, 0.05) is 30.4 Å². The Balaban J connectivity index is 1.55. The number of carbonyl (C=O) groups is 2. The number of anilines is 2. The molecule has 0 unspecified atom stereocenters. The zero-order valence-electron chi connectivity index (χ0n) is 19.3. The van der Waals surface area contributed by atoms with Crippen molar-refractivity contribution >= 4 is 34.2 Å². The molecule has 3 aromatic carbocycles. The molecule has 36 heavy (non-hydrogen) atoms. The lowest BCUT2D eigenvalue weighted by molar-refractivity contribution is 0.0994. The van der Waals surface area contributed by atoms with Gasteiger partial charge in [0.1, 0.15) is 35.2 Å². The number of urea groups is 1. The van der Waals surface area contributed by atoms with Gasteiger partial charge in [-0.3, -0.25) is 9.78 Å². The van der Waals surface area contributed by atoms with Crippen LogP contribution in [0.25, 0.3) is 10.9 Å². The van der Waals surface area contributed by atoms with E-state index in [4.69, 9.17) is 19.9 Å². The van der Waals surface area contributed by atoms with Gasteiger partial charge in [-0.2, -0.15) is 0 Å². The van der Waals surface area contributed by atoms with Gasteiger partial charge in [-0.15, -0.1) is 0 Å². The quantitative estimate of drug-likeness (QED) is 0.286. The van der Waals surface area contributed by atoms with Crippen LogP contribution in [0.1, 0.15) is 10.4 Å². The van der Waals surface area contributed by atoms with Crippen molar-refractivity contribution in [1.29, 1.82) is 0 Å². The lowest BCUT2D eigenvalue weighted by Crippen LogP contribution is -2.20. The molecule has 4 rings (SSSR count). The molecule has 184 valence electrons. The monoisotopic (exact) mass is 490 g/mol. The van der Waals surface area contributed by atoms with Crippen LogP contribution in [0.2, 0.25) is 0 Å². The highest BCUT2D eigenvalue weighted by Crippen LogP contribution is 2.35. The first-order valence-electron chi connectivity index (χ1n) is 10.9. The summed E-state index contributed by atoms with van der Waals surface area (Å²) in [5, 5.41) is 5.56. The van der Waals surface area contributed by atoms with Gasteiger partial charge in [0.2, 0.25) is 0 Å².